The Morgan fingerprint density at radius 1 is 1.09 bits per heavy atom. The molecule has 0 radical (unpaired) electrons. The lowest BCUT2D eigenvalue weighted by Crippen LogP contribution is -2.13. The summed E-state index contributed by atoms with van der Waals surface area (Å²) in [5.74, 6) is -0.222. The number of carbonyl (C=O) groups excluding carboxylic acids is 1. The van der Waals surface area contributed by atoms with Crippen LogP contribution in [0.15, 0.2) is 61.1 Å². The predicted molar refractivity (Wildman–Crippen MR) is 84.5 cm³/mol. The van der Waals surface area contributed by atoms with E-state index in [1.807, 2.05) is 18.3 Å². The molecule has 6 heteroatoms. The molecule has 0 spiro atoms. The van der Waals surface area contributed by atoms with E-state index in [0.717, 1.165) is 6.42 Å². The molecule has 0 atom stereocenters. The molecule has 0 aliphatic rings. The van der Waals surface area contributed by atoms with Gasteiger partial charge in [-0.2, -0.15) is 5.10 Å². The molecule has 0 bridgehead atoms. The molecule has 1 aromatic carbocycles. The maximum Gasteiger partial charge on any atom is 0.256 e. The highest BCUT2D eigenvalue weighted by Crippen LogP contribution is 2.09. The van der Waals surface area contributed by atoms with Gasteiger partial charge in [0.15, 0.2) is 5.82 Å². The molecule has 1 N–H and O–H groups in total. The van der Waals surface area contributed by atoms with E-state index < -0.39 is 0 Å². The zero-order valence-electron chi connectivity index (χ0n) is 12.3. The first kappa shape index (κ1) is 14.9. The van der Waals surface area contributed by atoms with Gasteiger partial charge in [-0.05, 0) is 48.4 Å². The van der Waals surface area contributed by atoms with Crippen molar-refractivity contribution in [2.45, 2.75) is 13.0 Å². The van der Waals surface area contributed by atoms with Crippen molar-refractivity contribution < 1.29 is 9.18 Å². The summed E-state index contributed by atoms with van der Waals surface area (Å²) in [7, 11) is 0. The third-order valence-electron chi connectivity index (χ3n) is 3.37. The van der Waals surface area contributed by atoms with Crippen LogP contribution in [-0.4, -0.2) is 20.7 Å². The van der Waals surface area contributed by atoms with Gasteiger partial charge in [-0.25, -0.2) is 4.39 Å². The quantitative estimate of drug-likeness (QED) is 0.788. The number of aryl methyl sites for hydroxylation is 2. The van der Waals surface area contributed by atoms with Crippen LogP contribution in [0.4, 0.5) is 10.2 Å². The molecule has 0 aliphatic heterocycles. The Labute approximate surface area is 132 Å². The third-order valence-corrected chi connectivity index (χ3v) is 3.37. The molecule has 0 saturated heterocycles. The molecule has 0 saturated carbocycles. The van der Waals surface area contributed by atoms with Crippen LogP contribution >= 0.6 is 0 Å². The zero-order valence-corrected chi connectivity index (χ0v) is 12.3. The molecule has 1 amide bonds. The number of benzene rings is 1. The lowest BCUT2D eigenvalue weighted by Gasteiger charge is -2.03. The van der Waals surface area contributed by atoms with E-state index in [4.69, 9.17) is 0 Å². The number of nitrogens with zero attached hydrogens (tertiary/aromatic N) is 3. The molecule has 3 rings (SSSR count). The second-order valence-electron chi connectivity index (χ2n) is 5.03. The summed E-state index contributed by atoms with van der Waals surface area (Å²) >= 11 is 0. The first-order valence-corrected chi connectivity index (χ1v) is 7.20. The number of amides is 1. The van der Waals surface area contributed by atoms with E-state index in [0.29, 0.717) is 17.9 Å². The number of rotatable bonds is 5. The number of pyridine rings is 1. The normalized spacial score (nSPS) is 10.5. The van der Waals surface area contributed by atoms with Gasteiger partial charge in [0.25, 0.3) is 5.91 Å². The second-order valence-corrected chi connectivity index (χ2v) is 5.03. The van der Waals surface area contributed by atoms with Crippen molar-refractivity contribution >= 4 is 11.7 Å². The Kier molecular flexibility index (Phi) is 4.42. The Morgan fingerprint density at radius 3 is 2.57 bits per heavy atom. The van der Waals surface area contributed by atoms with E-state index in [1.54, 1.807) is 23.1 Å². The average molecular weight is 310 g/mol. The van der Waals surface area contributed by atoms with Gasteiger partial charge in [0, 0.05) is 36.8 Å². The molecular weight excluding hydrogens is 295 g/mol. The van der Waals surface area contributed by atoms with Crippen LogP contribution in [0.25, 0.3) is 0 Å². The lowest BCUT2D eigenvalue weighted by molar-refractivity contribution is 0.102. The predicted octanol–water partition coefficient (Wildman–Crippen LogP) is 2.91. The Morgan fingerprint density at radius 2 is 1.83 bits per heavy atom. The highest BCUT2D eigenvalue weighted by atomic mass is 19.1. The molecule has 2 heterocycles. The van der Waals surface area contributed by atoms with Gasteiger partial charge >= 0.3 is 0 Å². The van der Waals surface area contributed by atoms with Crippen molar-refractivity contribution in [2.24, 2.45) is 0 Å². The standard InChI is InChI=1S/C17H15FN4O/c18-15-3-1-14(2-4-15)17(23)20-16-8-12-22(21-16)11-7-13-5-9-19-10-6-13/h1-6,8-10,12H,7,11H2,(H,20,21,23). The molecule has 23 heavy (non-hydrogen) atoms. The molecule has 5 nitrogen and oxygen atoms in total. The molecule has 0 unspecified atom stereocenters. The smallest absolute Gasteiger partial charge is 0.256 e. The van der Waals surface area contributed by atoms with Crippen molar-refractivity contribution in [3.8, 4) is 0 Å². The molecule has 2 aromatic heterocycles. The number of anilines is 1. The van der Waals surface area contributed by atoms with Crippen molar-refractivity contribution in [1.82, 2.24) is 14.8 Å². The molecule has 3 aromatic rings. The lowest BCUT2D eigenvalue weighted by atomic mass is 10.2. The van der Waals surface area contributed by atoms with Crippen LogP contribution in [0.2, 0.25) is 0 Å². The largest absolute Gasteiger partial charge is 0.305 e. The molecule has 0 fully saturated rings. The Hall–Kier alpha value is -3.02. The van der Waals surface area contributed by atoms with Crippen molar-refractivity contribution in [2.75, 3.05) is 5.32 Å². The zero-order chi connectivity index (χ0) is 16.1. The van der Waals surface area contributed by atoms with Crippen LogP contribution in [-0.2, 0) is 13.0 Å². The molecular formula is C17H15FN4O. The first-order chi connectivity index (χ1) is 11.2. The first-order valence-electron chi connectivity index (χ1n) is 7.20. The van der Waals surface area contributed by atoms with E-state index in [-0.39, 0.29) is 11.7 Å². The summed E-state index contributed by atoms with van der Waals surface area (Å²) in [5, 5.41) is 7.00. The maximum absolute atomic E-state index is 12.9. The van der Waals surface area contributed by atoms with Gasteiger partial charge in [0.05, 0.1) is 0 Å². The minimum Gasteiger partial charge on any atom is -0.305 e. The summed E-state index contributed by atoms with van der Waals surface area (Å²) in [6, 6.07) is 11.0. The van der Waals surface area contributed by atoms with Gasteiger partial charge in [0.2, 0.25) is 0 Å². The number of aromatic nitrogens is 3. The number of hydrogen-bond donors (Lipinski definition) is 1. The topological polar surface area (TPSA) is 59.8 Å². The minimum atomic E-state index is -0.373. The molecule has 116 valence electrons. The fourth-order valence-electron chi connectivity index (χ4n) is 2.14. The van der Waals surface area contributed by atoms with Crippen molar-refractivity contribution in [3.05, 3.63) is 78.0 Å². The van der Waals surface area contributed by atoms with Gasteiger partial charge in [-0.15, -0.1) is 0 Å². The third kappa shape index (κ3) is 4.00. The Balaban J connectivity index is 1.58. The minimum absolute atomic E-state index is 0.315. The van der Waals surface area contributed by atoms with Crippen LogP contribution < -0.4 is 5.32 Å². The summed E-state index contributed by atoms with van der Waals surface area (Å²) in [6.07, 6.45) is 6.15. The van der Waals surface area contributed by atoms with Gasteiger partial charge in [0.1, 0.15) is 5.82 Å². The highest BCUT2D eigenvalue weighted by molar-refractivity contribution is 6.03. The number of hydrogen-bond acceptors (Lipinski definition) is 3. The fraction of sp³-hybridized carbons (Fsp3) is 0.118. The number of halogens is 1. The fourth-order valence-corrected chi connectivity index (χ4v) is 2.14. The maximum atomic E-state index is 12.9. The van der Waals surface area contributed by atoms with E-state index in [1.165, 1.54) is 29.8 Å². The number of carbonyl (C=O) groups is 1. The SMILES string of the molecule is O=C(Nc1ccn(CCc2ccncc2)n1)c1ccc(F)cc1. The highest BCUT2D eigenvalue weighted by Gasteiger charge is 2.08. The van der Waals surface area contributed by atoms with E-state index in [9.17, 15) is 9.18 Å². The summed E-state index contributed by atoms with van der Waals surface area (Å²) in [6.45, 7) is 0.705. The van der Waals surface area contributed by atoms with Crippen molar-refractivity contribution in [1.29, 1.82) is 0 Å². The number of nitrogens with one attached hydrogen (secondary N) is 1. The van der Waals surface area contributed by atoms with Gasteiger partial charge in [-0.3, -0.25) is 14.5 Å². The average Bonchev–Trinajstić information content (AvgIpc) is 3.02. The van der Waals surface area contributed by atoms with E-state index in [2.05, 4.69) is 15.4 Å². The van der Waals surface area contributed by atoms with Crippen molar-refractivity contribution in [3.63, 3.8) is 0 Å². The summed E-state index contributed by atoms with van der Waals surface area (Å²) in [5.41, 5.74) is 1.56. The summed E-state index contributed by atoms with van der Waals surface area (Å²) < 4.78 is 14.6. The van der Waals surface area contributed by atoms with Crippen LogP contribution in [0.5, 0.6) is 0 Å². The summed E-state index contributed by atoms with van der Waals surface area (Å²) in [4.78, 5) is 16.0. The van der Waals surface area contributed by atoms with Crippen LogP contribution in [0.1, 0.15) is 15.9 Å². The van der Waals surface area contributed by atoms with Gasteiger partial charge < -0.3 is 5.32 Å². The van der Waals surface area contributed by atoms with Gasteiger partial charge in [-0.1, -0.05) is 0 Å². The van der Waals surface area contributed by atoms with E-state index >= 15 is 0 Å². The van der Waals surface area contributed by atoms with Crippen LogP contribution in [0, 0.1) is 5.82 Å². The molecule has 0 aliphatic carbocycles. The van der Waals surface area contributed by atoms with Crippen LogP contribution in [0.3, 0.4) is 0 Å². The monoisotopic (exact) mass is 310 g/mol. The second kappa shape index (κ2) is 6.83. The Bertz CT molecular complexity index is 784.